The lowest BCUT2D eigenvalue weighted by Crippen LogP contribution is -2.46. The molecule has 112 valence electrons. The van der Waals surface area contributed by atoms with Crippen LogP contribution in [0.1, 0.15) is 43.5 Å². The number of aliphatic hydroxyl groups is 1. The van der Waals surface area contributed by atoms with Crippen LogP contribution in [0.15, 0.2) is 17.5 Å². The van der Waals surface area contributed by atoms with Gasteiger partial charge in [0.25, 0.3) is 0 Å². The first-order valence-corrected chi connectivity index (χ1v) is 8.26. The van der Waals surface area contributed by atoms with E-state index in [1.165, 1.54) is 24.1 Å². The minimum absolute atomic E-state index is 0.0728. The minimum Gasteiger partial charge on any atom is -0.396 e. The SMILES string of the molecule is CC(NC(=O)CN(CCCO)C1CCC1)c1cccs1. The van der Waals surface area contributed by atoms with Crippen LogP contribution < -0.4 is 5.32 Å². The number of hydrogen-bond acceptors (Lipinski definition) is 4. The van der Waals surface area contributed by atoms with Gasteiger partial charge in [0.2, 0.25) is 5.91 Å². The maximum absolute atomic E-state index is 12.2. The molecular formula is C15H24N2O2S. The summed E-state index contributed by atoms with van der Waals surface area (Å²) >= 11 is 1.67. The Morgan fingerprint density at radius 3 is 2.95 bits per heavy atom. The summed E-state index contributed by atoms with van der Waals surface area (Å²) in [5.41, 5.74) is 0. The molecule has 1 saturated carbocycles. The van der Waals surface area contributed by atoms with E-state index in [1.807, 2.05) is 24.4 Å². The van der Waals surface area contributed by atoms with Crippen molar-refractivity contribution in [1.82, 2.24) is 10.2 Å². The first-order chi connectivity index (χ1) is 9.70. The Labute approximate surface area is 124 Å². The van der Waals surface area contributed by atoms with Crippen molar-refractivity contribution in [2.45, 2.75) is 44.7 Å². The first-order valence-electron chi connectivity index (χ1n) is 7.38. The third-order valence-corrected chi connectivity index (χ3v) is 4.94. The molecule has 1 aliphatic carbocycles. The fourth-order valence-corrected chi connectivity index (χ4v) is 3.23. The molecule has 0 spiro atoms. The van der Waals surface area contributed by atoms with E-state index >= 15 is 0 Å². The molecule has 1 aliphatic rings. The van der Waals surface area contributed by atoms with Crippen LogP contribution in [0.2, 0.25) is 0 Å². The van der Waals surface area contributed by atoms with Gasteiger partial charge in [-0.05, 0) is 37.6 Å². The summed E-state index contributed by atoms with van der Waals surface area (Å²) in [6.45, 7) is 3.46. The second-order valence-electron chi connectivity index (χ2n) is 5.44. The maximum atomic E-state index is 12.2. The van der Waals surface area contributed by atoms with Gasteiger partial charge in [0.1, 0.15) is 0 Å². The number of nitrogens with zero attached hydrogens (tertiary/aromatic N) is 1. The zero-order chi connectivity index (χ0) is 14.4. The Hall–Kier alpha value is -0.910. The molecule has 1 atom stereocenters. The minimum atomic E-state index is 0.0728. The summed E-state index contributed by atoms with van der Waals surface area (Å²) in [6, 6.07) is 4.66. The molecule has 0 bridgehead atoms. The van der Waals surface area contributed by atoms with Gasteiger partial charge < -0.3 is 10.4 Å². The highest BCUT2D eigenvalue weighted by Crippen LogP contribution is 2.25. The van der Waals surface area contributed by atoms with Gasteiger partial charge >= 0.3 is 0 Å². The molecule has 5 heteroatoms. The van der Waals surface area contributed by atoms with Gasteiger partial charge in [-0.15, -0.1) is 11.3 Å². The number of carbonyl (C=O) groups is 1. The number of rotatable bonds is 8. The number of hydrogen-bond donors (Lipinski definition) is 2. The molecule has 0 aromatic carbocycles. The number of amides is 1. The van der Waals surface area contributed by atoms with Crippen LogP contribution in [0, 0.1) is 0 Å². The van der Waals surface area contributed by atoms with Crippen LogP contribution in [-0.2, 0) is 4.79 Å². The molecule has 1 amide bonds. The van der Waals surface area contributed by atoms with Crippen LogP contribution in [0.5, 0.6) is 0 Å². The van der Waals surface area contributed by atoms with Crippen molar-refractivity contribution in [3.8, 4) is 0 Å². The molecular weight excluding hydrogens is 272 g/mol. The average Bonchev–Trinajstić information content (AvgIpc) is 2.87. The van der Waals surface area contributed by atoms with Crippen molar-refractivity contribution in [2.75, 3.05) is 19.7 Å². The zero-order valence-corrected chi connectivity index (χ0v) is 12.9. The van der Waals surface area contributed by atoms with E-state index in [9.17, 15) is 4.79 Å². The number of thiophene rings is 1. The lowest BCUT2D eigenvalue weighted by molar-refractivity contribution is -0.124. The monoisotopic (exact) mass is 296 g/mol. The molecule has 20 heavy (non-hydrogen) atoms. The second kappa shape index (κ2) is 7.76. The summed E-state index contributed by atoms with van der Waals surface area (Å²) in [5, 5.41) is 14.1. The first kappa shape index (κ1) is 15.5. The second-order valence-corrected chi connectivity index (χ2v) is 6.42. The van der Waals surface area contributed by atoms with E-state index in [-0.39, 0.29) is 18.6 Å². The molecule has 0 aliphatic heterocycles. The van der Waals surface area contributed by atoms with Crippen molar-refractivity contribution in [1.29, 1.82) is 0 Å². The molecule has 1 aromatic heterocycles. The fourth-order valence-electron chi connectivity index (χ4n) is 2.50. The molecule has 0 radical (unpaired) electrons. The van der Waals surface area contributed by atoms with Gasteiger partial charge in [-0.2, -0.15) is 0 Å². The smallest absolute Gasteiger partial charge is 0.234 e. The third-order valence-electron chi connectivity index (χ3n) is 3.89. The van der Waals surface area contributed by atoms with Crippen LogP contribution in [0.3, 0.4) is 0 Å². The van der Waals surface area contributed by atoms with E-state index < -0.39 is 0 Å². The molecule has 2 N–H and O–H groups in total. The van der Waals surface area contributed by atoms with Crippen molar-refractivity contribution in [3.63, 3.8) is 0 Å². The Morgan fingerprint density at radius 2 is 2.40 bits per heavy atom. The van der Waals surface area contributed by atoms with Gasteiger partial charge in [0.05, 0.1) is 12.6 Å². The third kappa shape index (κ3) is 4.30. The normalized spacial score (nSPS) is 16.9. The van der Waals surface area contributed by atoms with Crippen molar-refractivity contribution in [3.05, 3.63) is 22.4 Å². The largest absolute Gasteiger partial charge is 0.396 e. The van der Waals surface area contributed by atoms with E-state index in [2.05, 4.69) is 10.2 Å². The highest BCUT2D eigenvalue weighted by molar-refractivity contribution is 7.10. The summed E-state index contributed by atoms with van der Waals surface area (Å²) in [7, 11) is 0. The molecule has 2 rings (SSSR count). The Morgan fingerprint density at radius 1 is 1.60 bits per heavy atom. The van der Waals surface area contributed by atoms with Gasteiger partial charge in [0, 0.05) is 24.1 Å². The number of nitrogens with one attached hydrogen (secondary N) is 1. The lowest BCUT2D eigenvalue weighted by atomic mass is 9.91. The maximum Gasteiger partial charge on any atom is 0.234 e. The molecule has 4 nitrogen and oxygen atoms in total. The number of aliphatic hydroxyl groups excluding tert-OH is 1. The van der Waals surface area contributed by atoms with E-state index in [4.69, 9.17) is 5.11 Å². The van der Waals surface area contributed by atoms with Crippen molar-refractivity contribution < 1.29 is 9.90 Å². The predicted octanol–water partition coefficient (Wildman–Crippen LogP) is 2.16. The topological polar surface area (TPSA) is 52.6 Å². The highest BCUT2D eigenvalue weighted by atomic mass is 32.1. The van der Waals surface area contributed by atoms with Gasteiger partial charge in [0.15, 0.2) is 0 Å². The average molecular weight is 296 g/mol. The van der Waals surface area contributed by atoms with Crippen molar-refractivity contribution >= 4 is 17.2 Å². The molecule has 1 aromatic rings. The number of carbonyl (C=O) groups excluding carboxylic acids is 1. The lowest BCUT2D eigenvalue weighted by Gasteiger charge is -2.37. The Kier molecular flexibility index (Phi) is 6.01. The van der Waals surface area contributed by atoms with Gasteiger partial charge in [-0.3, -0.25) is 9.69 Å². The molecule has 0 saturated heterocycles. The van der Waals surface area contributed by atoms with Crippen LogP contribution >= 0.6 is 11.3 Å². The van der Waals surface area contributed by atoms with Crippen LogP contribution in [0.4, 0.5) is 0 Å². The summed E-state index contributed by atoms with van der Waals surface area (Å²) in [5.74, 6) is 0.0794. The summed E-state index contributed by atoms with van der Waals surface area (Å²) in [4.78, 5) is 15.6. The molecule has 1 fully saturated rings. The van der Waals surface area contributed by atoms with Crippen molar-refractivity contribution in [2.24, 2.45) is 0 Å². The Bertz CT molecular complexity index is 404. The standard InChI is InChI=1S/C15H24N2O2S/c1-12(14-7-3-10-20-14)16-15(19)11-17(8-4-9-18)13-5-2-6-13/h3,7,10,12-13,18H,2,4-6,8-9,11H2,1H3,(H,16,19). The summed E-state index contributed by atoms with van der Waals surface area (Å²) < 4.78 is 0. The molecule has 1 heterocycles. The zero-order valence-electron chi connectivity index (χ0n) is 12.0. The predicted molar refractivity (Wildman–Crippen MR) is 81.8 cm³/mol. The van der Waals surface area contributed by atoms with Gasteiger partial charge in [-0.1, -0.05) is 12.5 Å². The van der Waals surface area contributed by atoms with Gasteiger partial charge in [-0.25, -0.2) is 0 Å². The van der Waals surface area contributed by atoms with E-state index in [1.54, 1.807) is 11.3 Å². The highest BCUT2D eigenvalue weighted by Gasteiger charge is 2.26. The summed E-state index contributed by atoms with van der Waals surface area (Å²) in [6.07, 6.45) is 4.36. The quantitative estimate of drug-likeness (QED) is 0.773. The van der Waals surface area contributed by atoms with E-state index in [0.717, 1.165) is 13.0 Å². The van der Waals surface area contributed by atoms with E-state index in [0.29, 0.717) is 12.6 Å². The van der Waals surface area contributed by atoms with Crippen LogP contribution in [0.25, 0.3) is 0 Å². The Balaban J connectivity index is 1.81. The fraction of sp³-hybridized carbons (Fsp3) is 0.667. The van der Waals surface area contributed by atoms with Crippen LogP contribution in [-0.4, -0.2) is 41.7 Å². The molecule has 1 unspecified atom stereocenters.